The summed E-state index contributed by atoms with van der Waals surface area (Å²) in [5.74, 6) is 0. The first kappa shape index (κ1) is 10.9. The molecule has 68 valence electrons. The number of aliphatic hydroxyl groups is 1. The fraction of sp³-hybridized carbons (Fsp3) is 1.00. The van der Waals surface area contributed by atoms with Crippen LogP contribution in [0.2, 0.25) is 0 Å². The van der Waals surface area contributed by atoms with Gasteiger partial charge in [0, 0.05) is 6.04 Å². The lowest BCUT2D eigenvalue weighted by molar-refractivity contribution is 0.00472. The van der Waals surface area contributed by atoms with Gasteiger partial charge in [0.2, 0.25) is 0 Å². The highest BCUT2D eigenvalue weighted by atomic mass is 16.3. The second kappa shape index (κ2) is 5.56. The van der Waals surface area contributed by atoms with E-state index in [0.717, 1.165) is 6.42 Å². The maximum absolute atomic E-state index is 9.27. The molecule has 0 aromatic rings. The molecule has 2 nitrogen and oxygen atoms in total. The normalized spacial score (nSPS) is 16.9. The van der Waals surface area contributed by atoms with Gasteiger partial charge in [-0.1, -0.05) is 20.3 Å². The van der Waals surface area contributed by atoms with Gasteiger partial charge in [0.1, 0.15) is 6.23 Å². The van der Waals surface area contributed by atoms with E-state index in [1.165, 1.54) is 12.8 Å². The molecule has 2 unspecified atom stereocenters. The summed E-state index contributed by atoms with van der Waals surface area (Å²) >= 11 is 0. The summed E-state index contributed by atoms with van der Waals surface area (Å²) in [5.41, 5.74) is 0. The van der Waals surface area contributed by atoms with Crippen molar-refractivity contribution in [2.24, 2.45) is 0 Å². The van der Waals surface area contributed by atoms with Crippen LogP contribution in [0.1, 0.15) is 40.0 Å². The van der Waals surface area contributed by atoms with Crippen molar-refractivity contribution < 1.29 is 5.11 Å². The van der Waals surface area contributed by atoms with Gasteiger partial charge in [-0.15, -0.1) is 0 Å². The Labute approximate surface area is 70.2 Å². The van der Waals surface area contributed by atoms with Crippen molar-refractivity contribution >= 4 is 0 Å². The Balaban J connectivity index is 3.81. The fourth-order valence-corrected chi connectivity index (χ4v) is 1.33. The molecule has 0 fully saturated rings. The molecule has 0 aliphatic carbocycles. The largest absolute Gasteiger partial charge is 0.379 e. The van der Waals surface area contributed by atoms with Gasteiger partial charge in [0.05, 0.1) is 0 Å². The van der Waals surface area contributed by atoms with Crippen LogP contribution < -0.4 is 0 Å². The topological polar surface area (TPSA) is 23.5 Å². The summed E-state index contributed by atoms with van der Waals surface area (Å²) in [6.07, 6.45) is 3.18. The Morgan fingerprint density at radius 1 is 1.36 bits per heavy atom. The summed E-state index contributed by atoms with van der Waals surface area (Å²) in [4.78, 5) is 2.03. The second-order valence-electron chi connectivity index (χ2n) is 3.15. The molecule has 0 aromatic heterocycles. The van der Waals surface area contributed by atoms with Gasteiger partial charge in [-0.3, -0.25) is 4.90 Å². The van der Waals surface area contributed by atoms with E-state index in [1.54, 1.807) is 0 Å². The van der Waals surface area contributed by atoms with Crippen LogP contribution in [0.5, 0.6) is 0 Å². The predicted molar refractivity (Wildman–Crippen MR) is 48.4 cm³/mol. The van der Waals surface area contributed by atoms with Crippen LogP contribution >= 0.6 is 0 Å². The van der Waals surface area contributed by atoms with E-state index in [-0.39, 0.29) is 6.23 Å². The lowest BCUT2D eigenvalue weighted by Gasteiger charge is -2.29. The minimum absolute atomic E-state index is 0.313. The molecule has 0 heterocycles. The van der Waals surface area contributed by atoms with E-state index >= 15 is 0 Å². The number of nitrogens with zero attached hydrogens (tertiary/aromatic N) is 1. The Morgan fingerprint density at radius 2 is 1.91 bits per heavy atom. The zero-order valence-electron chi connectivity index (χ0n) is 8.17. The number of hydrogen-bond acceptors (Lipinski definition) is 2. The van der Waals surface area contributed by atoms with E-state index in [4.69, 9.17) is 0 Å². The van der Waals surface area contributed by atoms with E-state index < -0.39 is 0 Å². The summed E-state index contributed by atoms with van der Waals surface area (Å²) in [6, 6.07) is 0.542. The first-order valence-corrected chi connectivity index (χ1v) is 4.53. The number of rotatable bonds is 5. The molecular weight excluding hydrogens is 138 g/mol. The minimum atomic E-state index is -0.313. The lowest BCUT2D eigenvalue weighted by atomic mass is 10.1. The van der Waals surface area contributed by atoms with Crippen molar-refractivity contribution in [2.45, 2.75) is 52.3 Å². The molecule has 0 saturated carbocycles. The van der Waals surface area contributed by atoms with Crippen LogP contribution in [-0.2, 0) is 0 Å². The molecule has 11 heavy (non-hydrogen) atoms. The molecule has 0 amide bonds. The third-order valence-corrected chi connectivity index (χ3v) is 2.26. The molecule has 0 aromatic carbocycles. The molecule has 0 saturated heterocycles. The van der Waals surface area contributed by atoms with Crippen molar-refractivity contribution in [1.29, 1.82) is 0 Å². The predicted octanol–water partition coefficient (Wildman–Crippen LogP) is 1.84. The van der Waals surface area contributed by atoms with E-state index in [1.807, 2.05) is 18.9 Å². The van der Waals surface area contributed by atoms with E-state index in [2.05, 4.69) is 13.8 Å². The molecule has 0 bridgehead atoms. The Morgan fingerprint density at radius 3 is 2.18 bits per heavy atom. The summed E-state index contributed by atoms with van der Waals surface area (Å²) < 4.78 is 0. The van der Waals surface area contributed by atoms with Gasteiger partial charge < -0.3 is 5.11 Å². The first-order valence-electron chi connectivity index (χ1n) is 4.53. The lowest BCUT2D eigenvalue weighted by Crippen LogP contribution is -2.37. The van der Waals surface area contributed by atoms with Crippen molar-refractivity contribution in [3.8, 4) is 0 Å². The van der Waals surface area contributed by atoms with Gasteiger partial charge >= 0.3 is 0 Å². The van der Waals surface area contributed by atoms with Crippen molar-refractivity contribution in [3.05, 3.63) is 0 Å². The van der Waals surface area contributed by atoms with Crippen LogP contribution in [0.3, 0.4) is 0 Å². The second-order valence-corrected chi connectivity index (χ2v) is 3.15. The molecular formula is C9H21NO. The Bertz CT molecular complexity index is 93.6. The van der Waals surface area contributed by atoms with Crippen LogP contribution in [-0.4, -0.2) is 29.3 Å². The molecule has 2 heteroatoms. The van der Waals surface area contributed by atoms with Crippen LogP contribution in [0.4, 0.5) is 0 Å². The van der Waals surface area contributed by atoms with E-state index in [9.17, 15) is 5.11 Å². The maximum atomic E-state index is 9.27. The SMILES string of the molecule is CCCC(CC)N(C)C(C)O. The smallest absolute Gasteiger partial charge is 0.104 e. The number of aliphatic hydroxyl groups excluding tert-OH is 1. The number of hydrogen-bond donors (Lipinski definition) is 1. The Kier molecular flexibility index (Phi) is 5.51. The zero-order valence-corrected chi connectivity index (χ0v) is 8.17. The summed E-state index contributed by atoms with van der Waals surface area (Å²) in [7, 11) is 1.98. The molecule has 0 radical (unpaired) electrons. The van der Waals surface area contributed by atoms with Crippen molar-refractivity contribution in [2.75, 3.05) is 7.05 Å². The van der Waals surface area contributed by atoms with Crippen molar-refractivity contribution in [1.82, 2.24) is 4.90 Å². The quantitative estimate of drug-likeness (QED) is 0.619. The van der Waals surface area contributed by atoms with Gasteiger partial charge in [0.15, 0.2) is 0 Å². The third-order valence-electron chi connectivity index (χ3n) is 2.26. The molecule has 0 rings (SSSR count). The standard InChI is InChI=1S/C9H21NO/c1-5-7-9(6-2)10(4)8(3)11/h8-9,11H,5-7H2,1-4H3. The minimum Gasteiger partial charge on any atom is -0.379 e. The average molecular weight is 159 g/mol. The van der Waals surface area contributed by atoms with Gasteiger partial charge in [-0.05, 0) is 26.8 Å². The fourth-order valence-electron chi connectivity index (χ4n) is 1.33. The van der Waals surface area contributed by atoms with Gasteiger partial charge in [-0.2, -0.15) is 0 Å². The highest BCUT2D eigenvalue weighted by Gasteiger charge is 2.14. The maximum Gasteiger partial charge on any atom is 0.104 e. The third kappa shape index (κ3) is 3.73. The molecule has 0 spiro atoms. The van der Waals surface area contributed by atoms with E-state index in [0.29, 0.717) is 6.04 Å². The van der Waals surface area contributed by atoms with Crippen LogP contribution in [0.15, 0.2) is 0 Å². The summed E-state index contributed by atoms with van der Waals surface area (Å²) in [5, 5.41) is 9.27. The van der Waals surface area contributed by atoms with Gasteiger partial charge in [-0.25, -0.2) is 0 Å². The molecule has 0 aliphatic rings. The highest BCUT2D eigenvalue weighted by molar-refractivity contribution is 4.66. The van der Waals surface area contributed by atoms with Crippen molar-refractivity contribution in [3.63, 3.8) is 0 Å². The van der Waals surface area contributed by atoms with Crippen LogP contribution in [0.25, 0.3) is 0 Å². The van der Waals surface area contributed by atoms with Crippen LogP contribution in [0, 0.1) is 0 Å². The van der Waals surface area contributed by atoms with Gasteiger partial charge in [0.25, 0.3) is 0 Å². The summed E-state index contributed by atoms with van der Waals surface area (Å²) in [6.45, 7) is 6.16. The average Bonchev–Trinajstić information content (AvgIpc) is 1.98. The zero-order chi connectivity index (χ0) is 8.85. The molecule has 1 N–H and O–H groups in total. The molecule has 2 atom stereocenters. The first-order chi connectivity index (χ1) is 5.13. The highest BCUT2D eigenvalue weighted by Crippen LogP contribution is 2.10. The Hall–Kier alpha value is -0.0800. The monoisotopic (exact) mass is 159 g/mol. The molecule has 0 aliphatic heterocycles.